The molecule has 0 heterocycles. The third kappa shape index (κ3) is 11.6. The highest BCUT2D eigenvalue weighted by Crippen LogP contribution is 2.09. The van der Waals surface area contributed by atoms with Crippen molar-refractivity contribution in [2.24, 2.45) is 0 Å². The molecule has 22 heavy (non-hydrogen) atoms. The number of nitrogens with zero attached hydrogens (tertiary/aromatic N) is 1. The van der Waals surface area contributed by atoms with E-state index in [0.29, 0.717) is 19.8 Å². The van der Waals surface area contributed by atoms with Crippen LogP contribution in [-0.4, -0.2) is 54.9 Å². The van der Waals surface area contributed by atoms with Gasteiger partial charge in [-0.3, -0.25) is 4.79 Å². The van der Waals surface area contributed by atoms with E-state index in [0.717, 1.165) is 12.8 Å². The third-order valence-corrected chi connectivity index (χ3v) is 2.70. The third-order valence-electron chi connectivity index (χ3n) is 2.59. The van der Waals surface area contributed by atoms with Gasteiger partial charge in [0.15, 0.2) is 6.07 Å². The zero-order valence-electron chi connectivity index (χ0n) is 14.0. The molecule has 0 aromatic heterocycles. The van der Waals surface area contributed by atoms with E-state index < -0.39 is 11.7 Å². The Morgan fingerprint density at radius 1 is 1.14 bits per heavy atom. The topological polar surface area (TPSA) is 65.1 Å². The van der Waals surface area contributed by atoms with Crippen molar-refractivity contribution >= 4 is 23.7 Å². The number of hydrogen-bond acceptors (Lipinski definition) is 5. The average Bonchev–Trinajstić information content (AvgIpc) is 2.40. The van der Waals surface area contributed by atoms with Crippen LogP contribution in [0.3, 0.4) is 0 Å². The van der Waals surface area contributed by atoms with Crippen LogP contribution >= 0.6 is 11.6 Å². The molecule has 6 nitrogen and oxygen atoms in total. The monoisotopic (exact) mass is 337 g/mol. The summed E-state index contributed by atoms with van der Waals surface area (Å²) >= 11 is 5.40. The second-order valence-corrected chi connectivity index (χ2v) is 6.03. The molecule has 0 fully saturated rings. The number of amides is 1. The Morgan fingerprint density at radius 3 is 2.36 bits per heavy atom. The van der Waals surface area contributed by atoms with Gasteiger partial charge in [0.1, 0.15) is 5.60 Å². The summed E-state index contributed by atoms with van der Waals surface area (Å²) in [6.07, 6.45) is 1.57. The van der Waals surface area contributed by atoms with Crippen LogP contribution in [0.5, 0.6) is 0 Å². The SMILES string of the molecule is CCCCOCCN(CCC(=O)OC(C)(C)C)C(=O)OCCl. The van der Waals surface area contributed by atoms with E-state index >= 15 is 0 Å². The number of hydrogen-bond donors (Lipinski definition) is 0. The molecule has 1 amide bonds. The highest BCUT2D eigenvalue weighted by Gasteiger charge is 2.20. The fraction of sp³-hybridized carbons (Fsp3) is 0.867. The molecule has 0 aromatic carbocycles. The predicted molar refractivity (Wildman–Crippen MR) is 85.0 cm³/mol. The summed E-state index contributed by atoms with van der Waals surface area (Å²) in [5.74, 6) is -0.358. The highest BCUT2D eigenvalue weighted by molar-refractivity contribution is 6.17. The molecule has 0 atom stereocenters. The molecule has 0 unspecified atom stereocenters. The molecule has 0 rings (SSSR count). The summed E-state index contributed by atoms with van der Waals surface area (Å²) in [4.78, 5) is 24.9. The smallest absolute Gasteiger partial charge is 0.411 e. The Kier molecular flexibility index (Phi) is 11.0. The molecule has 130 valence electrons. The van der Waals surface area contributed by atoms with Crippen molar-refractivity contribution in [1.82, 2.24) is 4.90 Å². The largest absolute Gasteiger partial charge is 0.460 e. The van der Waals surface area contributed by atoms with Crippen molar-refractivity contribution in [2.75, 3.05) is 32.4 Å². The average molecular weight is 338 g/mol. The number of ether oxygens (including phenoxy) is 3. The van der Waals surface area contributed by atoms with E-state index in [2.05, 4.69) is 6.92 Å². The number of carbonyl (C=O) groups excluding carboxylic acids is 2. The lowest BCUT2D eigenvalue weighted by Gasteiger charge is -2.23. The summed E-state index contributed by atoms with van der Waals surface area (Å²) in [6, 6.07) is -0.224. The van der Waals surface area contributed by atoms with Crippen LogP contribution in [0.2, 0.25) is 0 Å². The fourth-order valence-electron chi connectivity index (χ4n) is 1.57. The van der Waals surface area contributed by atoms with E-state index in [1.54, 1.807) is 20.8 Å². The Hall–Kier alpha value is -1.01. The standard InChI is InChI=1S/C15H28ClNO5/c1-5-6-10-20-11-9-17(14(19)21-12-16)8-7-13(18)22-15(2,3)4/h5-12H2,1-4H3. The van der Waals surface area contributed by atoms with Gasteiger partial charge in [-0.2, -0.15) is 0 Å². The lowest BCUT2D eigenvalue weighted by Crippen LogP contribution is -2.37. The Labute approximate surface area is 138 Å². The maximum absolute atomic E-state index is 11.8. The van der Waals surface area contributed by atoms with Gasteiger partial charge in [0, 0.05) is 19.7 Å². The molecule has 0 saturated heterocycles. The van der Waals surface area contributed by atoms with Gasteiger partial charge in [-0.15, -0.1) is 0 Å². The van der Waals surface area contributed by atoms with Gasteiger partial charge in [-0.05, 0) is 27.2 Å². The van der Waals surface area contributed by atoms with E-state index in [-0.39, 0.29) is 25.0 Å². The van der Waals surface area contributed by atoms with Crippen LogP contribution in [0.15, 0.2) is 0 Å². The summed E-state index contributed by atoms with van der Waals surface area (Å²) in [5.41, 5.74) is -0.540. The zero-order chi connectivity index (χ0) is 17.0. The predicted octanol–water partition coefficient (Wildman–Crippen LogP) is 3.17. The van der Waals surface area contributed by atoms with Gasteiger partial charge in [0.25, 0.3) is 0 Å². The summed E-state index contributed by atoms with van der Waals surface area (Å²) in [7, 11) is 0. The fourth-order valence-corrected chi connectivity index (χ4v) is 1.67. The van der Waals surface area contributed by atoms with Crippen molar-refractivity contribution in [2.45, 2.75) is 52.6 Å². The summed E-state index contributed by atoms with van der Waals surface area (Å²) in [5, 5.41) is 0. The Balaban J connectivity index is 4.23. The van der Waals surface area contributed by atoms with Gasteiger partial charge < -0.3 is 19.1 Å². The number of alkyl halides is 1. The first kappa shape index (κ1) is 21.0. The number of rotatable bonds is 10. The molecule has 0 aliphatic rings. The van der Waals surface area contributed by atoms with E-state index in [4.69, 9.17) is 25.8 Å². The van der Waals surface area contributed by atoms with E-state index in [1.165, 1.54) is 4.90 Å². The first-order valence-electron chi connectivity index (χ1n) is 7.57. The number of unbranched alkanes of at least 4 members (excludes halogenated alkanes) is 1. The lowest BCUT2D eigenvalue weighted by atomic mass is 10.2. The van der Waals surface area contributed by atoms with Crippen molar-refractivity contribution in [3.05, 3.63) is 0 Å². The van der Waals surface area contributed by atoms with Crippen LogP contribution in [0.4, 0.5) is 4.79 Å². The van der Waals surface area contributed by atoms with E-state index in [9.17, 15) is 9.59 Å². The van der Waals surface area contributed by atoms with Crippen LogP contribution in [-0.2, 0) is 19.0 Å². The highest BCUT2D eigenvalue weighted by atomic mass is 35.5. The van der Waals surface area contributed by atoms with Crippen molar-refractivity contribution < 1.29 is 23.8 Å². The molecule has 0 aliphatic carbocycles. The first-order valence-corrected chi connectivity index (χ1v) is 8.11. The van der Waals surface area contributed by atoms with Gasteiger partial charge in [-0.25, -0.2) is 4.79 Å². The van der Waals surface area contributed by atoms with Gasteiger partial charge >= 0.3 is 12.1 Å². The molecular weight excluding hydrogens is 310 g/mol. The molecular formula is C15H28ClNO5. The zero-order valence-corrected chi connectivity index (χ0v) is 14.8. The number of esters is 1. The van der Waals surface area contributed by atoms with Crippen molar-refractivity contribution in [3.63, 3.8) is 0 Å². The molecule has 0 spiro atoms. The number of carbonyl (C=O) groups is 2. The summed E-state index contributed by atoms with van der Waals surface area (Å²) in [6.45, 7) is 9.08. The minimum absolute atomic E-state index is 0.101. The quantitative estimate of drug-likeness (QED) is 0.348. The lowest BCUT2D eigenvalue weighted by molar-refractivity contribution is -0.155. The normalized spacial score (nSPS) is 11.1. The van der Waals surface area contributed by atoms with E-state index in [1.807, 2.05) is 0 Å². The Bertz CT molecular complexity index is 330. The second-order valence-electron chi connectivity index (χ2n) is 5.81. The molecule has 7 heteroatoms. The van der Waals surface area contributed by atoms with Crippen LogP contribution < -0.4 is 0 Å². The van der Waals surface area contributed by atoms with Gasteiger partial charge in [0.2, 0.25) is 0 Å². The molecule has 0 N–H and O–H groups in total. The molecule has 0 radical (unpaired) electrons. The maximum atomic E-state index is 11.8. The summed E-state index contributed by atoms with van der Waals surface area (Å²) < 4.78 is 15.4. The molecule has 0 bridgehead atoms. The maximum Gasteiger partial charge on any atom is 0.411 e. The molecule has 0 aromatic rings. The Morgan fingerprint density at radius 2 is 1.82 bits per heavy atom. The van der Waals surface area contributed by atoms with Gasteiger partial charge in [-0.1, -0.05) is 24.9 Å². The minimum Gasteiger partial charge on any atom is -0.460 e. The molecule has 0 aliphatic heterocycles. The van der Waals surface area contributed by atoms with Crippen molar-refractivity contribution in [3.8, 4) is 0 Å². The molecule has 0 saturated carbocycles. The number of halogens is 1. The van der Waals surface area contributed by atoms with Gasteiger partial charge in [0.05, 0.1) is 13.0 Å². The van der Waals surface area contributed by atoms with Crippen molar-refractivity contribution in [1.29, 1.82) is 0 Å². The minimum atomic E-state index is -0.558. The van der Waals surface area contributed by atoms with Crippen LogP contribution in [0.25, 0.3) is 0 Å². The van der Waals surface area contributed by atoms with Crippen LogP contribution in [0, 0.1) is 0 Å². The first-order chi connectivity index (χ1) is 10.3. The van der Waals surface area contributed by atoms with Crippen LogP contribution in [0.1, 0.15) is 47.0 Å². The second kappa shape index (κ2) is 11.5.